The summed E-state index contributed by atoms with van der Waals surface area (Å²) in [5, 5.41) is 7.82. The number of carbonyl (C=O) groups is 1. The van der Waals surface area contributed by atoms with Gasteiger partial charge in [0.05, 0.1) is 24.3 Å². The molecule has 1 aliphatic carbocycles. The predicted octanol–water partition coefficient (Wildman–Crippen LogP) is 4.90. The van der Waals surface area contributed by atoms with E-state index in [9.17, 15) is 4.79 Å². The van der Waals surface area contributed by atoms with Crippen molar-refractivity contribution in [3.05, 3.63) is 53.4 Å². The van der Waals surface area contributed by atoms with Crippen molar-refractivity contribution in [3.63, 3.8) is 0 Å². The van der Waals surface area contributed by atoms with Crippen molar-refractivity contribution < 1.29 is 14.3 Å². The SMILES string of the molecule is C=CC(=O)NC1CCCC1Nc1ncc2cc(-c3c(Cl)c(OC)cc(OC)c3Cl)c3nccn3c2n1. The Balaban J connectivity index is 1.59. The van der Waals surface area contributed by atoms with Crippen molar-refractivity contribution in [1.82, 2.24) is 24.7 Å². The van der Waals surface area contributed by atoms with Crippen LogP contribution < -0.4 is 20.1 Å². The number of fused-ring (bicyclic) bond motifs is 3. The fourth-order valence-corrected chi connectivity index (χ4v) is 5.36. The molecular weight excluding hydrogens is 503 g/mol. The highest BCUT2D eigenvalue weighted by atomic mass is 35.5. The van der Waals surface area contributed by atoms with E-state index in [-0.39, 0.29) is 18.0 Å². The zero-order valence-electron chi connectivity index (χ0n) is 19.7. The Labute approximate surface area is 217 Å². The molecule has 186 valence electrons. The lowest BCUT2D eigenvalue weighted by Crippen LogP contribution is -2.42. The van der Waals surface area contributed by atoms with Crippen LogP contribution in [0.15, 0.2) is 43.4 Å². The molecule has 1 aliphatic rings. The van der Waals surface area contributed by atoms with Gasteiger partial charge in [-0.2, -0.15) is 4.98 Å². The molecule has 3 aromatic heterocycles. The molecule has 0 aliphatic heterocycles. The topological polar surface area (TPSA) is 103 Å². The number of amides is 1. The van der Waals surface area contributed by atoms with Crippen LogP contribution in [-0.4, -0.2) is 51.6 Å². The summed E-state index contributed by atoms with van der Waals surface area (Å²) in [6.07, 6.45) is 9.30. The van der Waals surface area contributed by atoms with E-state index in [4.69, 9.17) is 37.7 Å². The van der Waals surface area contributed by atoms with Gasteiger partial charge in [0.2, 0.25) is 11.9 Å². The van der Waals surface area contributed by atoms with E-state index < -0.39 is 0 Å². The van der Waals surface area contributed by atoms with Crippen LogP contribution in [0.4, 0.5) is 5.95 Å². The van der Waals surface area contributed by atoms with Gasteiger partial charge in [-0.25, -0.2) is 9.97 Å². The molecule has 2 N–H and O–H groups in total. The second-order valence-electron chi connectivity index (χ2n) is 8.44. The van der Waals surface area contributed by atoms with Crippen LogP contribution >= 0.6 is 23.2 Å². The van der Waals surface area contributed by atoms with Crippen LogP contribution in [0.3, 0.4) is 0 Å². The summed E-state index contributed by atoms with van der Waals surface area (Å²) in [5.41, 5.74) is 2.51. The highest BCUT2D eigenvalue weighted by Gasteiger charge is 2.29. The number of imidazole rings is 1. The molecule has 9 nitrogen and oxygen atoms in total. The number of hydrogen-bond acceptors (Lipinski definition) is 7. The summed E-state index contributed by atoms with van der Waals surface area (Å²) in [7, 11) is 3.06. The van der Waals surface area contributed by atoms with Crippen molar-refractivity contribution >= 4 is 51.7 Å². The van der Waals surface area contributed by atoms with Gasteiger partial charge in [-0.3, -0.25) is 9.20 Å². The smallest absolute Gasteiger partial charge is 0.243 e. The van der Waals surface area contributed by atoms with E-state index in [0.717, 1.165) is 24.6 Å². The first-order chi connectivity index (χ1) is 17.4. The fourth-order valence-electron chi connectivity index (χ4n) is 4.66. The zero-order chi connectivity index (χ0) is 25.4. The maximum atomic E-state index is 11.8. The number of methoxy groups -OCH3 is 2. The van der Waals surface area contributed by atoms with E-state index in [0.29, 0.717) is 49.9 Å². The monoisotopic (exact) mass is 526 g/mol. The molecule has 1 fully saturated rings. The van der Waals surface area contributed by atoms with E-state index in [1.807, 2.05) is 16.7 Å². The summed E-state index contributed by atoms with van der Waals surface area (Å²) < 4.78 is 12.7. The van der Waals surface area contributed by atoms with Crippen molar-refractivity contribution in [1.29, 1.82) is 0 Å². The summed E-state index contributed by atoms with van der Waals surface area (Å²) in [5.74, 6) is 1.15. The minimum Gasteiger partial charge on any atom is -0.495 e. The van der Waals surface area contributed by atoms with E-state index in [2.05, 4.69) is 27.2 Å². The minimum atomic E-state index is -0.188. The van der Waals surface area contributed by atoms with Gasteiger partial charge >= 0.3 is 0 Å². The number of pyridine rings is 1. The molecule has 2 unspecified atom stereocenters. The summed E-state index contributed by atoms with van der Waals surface area (Å²) in [4.78, 5) is 25.7. The Hall–Kier alpha value is -3.56. The van der Waals surface area contributed by atoms with E-state index in [1.54, 1.807) is 18.5 Å². The Morgan fingerprint density at radius 1 is 1.11 bits per heavy atom. The van der Waals surface area contributed by atoms with E-state index >= 15 is 0 Å². The van der Waals surface area contributed by atoms with E-state index in [1.165, 1.54) is 20.3 Å². The normalized spacial score (nSPS) is 17.3. The van der Waals surface area contributed by atoms with Crippen LogP contribution in [0.5, 0.6) is 11.5 Å². The third-order valence-corrected chi connectivity index (χ3v) is 7.14. The fraction of sp³-hybridized carbons (Fsp3) is 0.280. The number of anilines is 1. The van der Waals surface area contributed by atoms with Gasteiger partial charge in [-0.05, 0) is 31.4 Å². The maximum absolute atomic E-state index is 11.8. The molecule has 4 aromatic rings. The third kappa shape index (κ3) is 4.18. The first kappa shape index (κ1) is 24.1. The van der Waals surface area contributed by atoms with Gasteiger partial charge in [0, 0.05) is 53.3 Å². The molecule has 0 saturated heterocycles. The molecule has 3 heterocycles. The number of nitrogens with zero attached hydrogens (tertiary/aromatic N) is 4. The van der Waals surface area contributed by atoms with Gasteiger partial charge in [-0.1, -0.05) is 29.8 Å². The molecule has 11 heteroatoms. The zero-order valence-corrected chi connectivity index (χ0v) is 21.2. The number of benzene rings is 1. The van der Waals surface area contributed by atoms with Crippen LogP contribution in [0.2, 0.25) is 10.0 Å². The summed E-state index contributed by atoms with van der Waals surface area (Å²) in [6, 6.07) is 3.55. The molecule has 1 aromatic carbocycles. The molecule has 36 heavy (non-hydrogen) atoms. The van der Waals surface area contributed by atoms with Crippen LogP contribution in [0.25, 0.3) is 27.8 Å². The first-order valence-corrected chi connectivity index (χ1v) is 12.1. The van der Waals surface area contributed by atoms with Crippen LogP contribution in [-0.2, 0) is 4.79 Å². The van der Waals surface area contributed by atoms with Crippen LogP contribution in [0, 0.1) is 0 Å². The van der Waals surface area contributed by atoms with Gasteiger partial charge < -0.3 is 20.1 Å². The predicted molar refractivity (Wildman–Crippen MR) is 140 cm³/mol. The number of halogens is 2. The molecule has 5 rings (SSSR count). The van der Waals surface area contributed by atoms with Gasteiger partial charge in [0.15, 0.2) is 5.65 Å². The number of carbonyl (C=O) groups excluding carboxylic acids is 1. The second kappa shape index (κ2) is 9.83. The van der Waals surface area contributed by atoms with Gasteiger partial charge in [0.25, 0.3) is 0 Å². The lowest BCUT2D eigenvalue weighted by Gasteiger charge is -2.21. The summed E-state index contributed by atoms with van der Waals surface area (Å²) >= 11 is 13.4. The Morgan fingerprint density at radius 2 is 1.83 bits per heavy atom. The quantitative estimate of drug-likeness (QED) is 0.330. The molecule has 0 bridgehead atoms. The van der Waals surface area contributed by atoms with Crippen molar-refractivity contribution in [2.24, 2.45) is 0 Å². The van der Waals surface area contributed by atoms with Crippen LogP contribution in [0.1, 0.15) is 19.3 Å². The molecule has 1 amide bonds. The number of rotatable bonds is 7. The minimum absolute atomic E-state index is 0.0160. The lowest BCUT2D eigenvalue weighted by atomic mass is 10.0. The van der Waals surface area contributed by atoms with Crippen molar-refractivity contribution in [2.75, 3.05) is 19.5 Å². The maximum Gasteiger partial charge on any atom is 0.243 e. The van der Waals surface area contributed by atoms with Gasteiger partial charge in [0.1, 0.15) is 17.1 Å². The number of ether oxygens (including phenoxy) is 2. The average Bonchev–Trinajstić information content (AvgIpc) is 3.54. The molecule has 1 saturated carbocycles. The Kier molecular flexibility index (Phi) is 6.59. The number of aromatic nitrogens is 4. The summed E-state index contributed by atoms with van der Waals surface area (Å²) in [6.45, 7) is 3.53. The van der Waals surface area contributed by atoms with Crippen molar-refractivity contribution in [2.45, 2.75) is 31.3 Å². The third-order valence-electron chi connectivity index (χ3n) is 6.39. The van der Waals surface area contributed by atoms with Gasteiger partial charge in [-0.15, -0.1) is 0 Å². The molecule has 0 spiro atoms. The molecule has 2 atom stereocenters. The highest BCUT2D eigenvalue weighted by molar-refractivity contribution is 6.41. The van der Waals surface area contributed by atoms with Crippen molar-refractivity contribution in [3.8, 4) is 22.6 Å². The number of hydrogen-bond donors (Lipinski definition) is 2. The Bertz CT molecular complexity index is 1460. The largest absolute Gasteiger partial charge is 0.495 e. The number of nitrogens with one attached hydrogen (secondary N) is 2. The molecule has 0 radical (unpaired) electrons. The lowest BCUT2D eigenvalue weighted by molar-refractivity contribution is -0.117. The second-order valence-corrected chi connectivity index (χ2v) is 9.19. The standard InChI is InChI=1S/C25H24Cl2N6O3/c1-4-19(34)30-15-6-5-7-16(15)31-25-29-12-13-10-14(24-28-8-9-33(24)23(13)32-25)20-21(26)17(35-2)11-18(36-3)22(20)27/h4,8-12,15-16H,1,5-7H2,2-3H3,(H,30,34)(H,29,31,32). The highest BCUT2D eigenvalue weighted by Crippen LogP contribution is 2.47. The molecular formula is C25H24Cl2N6O3. The average molecular weight is 527 g/mol. The Morgan fingerprint density at radius 3 is 2.53 bits per heavy atom. The first-order valence-electron chi connectivity index (χ1n) is 11.4.